The highest BCUT2D eigenvalue weighted by Gasteiger charge is 2.26. The van der Waals surface area contributed by atoms with Crippen LogP contribution in [0.5, 0.6) is 5.75 Å². The van der Waals surface area contributed by atoms with Crippen molar-refractivity contribution >= 4 is 22.0 Å². The Labute approximate surface area is 97.2 Å². The summed E-state index contributed by atoms with van der Waals surface area (Å²) in [6, 6.07) is 5.91. The van der Waals surface area contributed by atoms with Crippen LogP contribution in [0.1, 0.15) is 19.4 Å². The Morgan fingerprint density at radius 3 is 2.87 bits per heavy atom. The fourth-order valence-electron chi connectivity index (χ4n) is 1.55. The first-order valence-electron chi connectivity index (χ1n) is 4.85. The largest absolute Gasteiger partial charge is 0.415 e. The maximum atomic E-state index is 11.6. The van der Waals surface area contributed by atoms with Crippen LogP contribution in [0, 0.1) is 0 Å². The lowest BCUT2D eigenvalue weighted by Gasteiger charge is -2.30. The highest BCUT2D eigenvalue weighted by molar-refractivity contribution is 9.10. The quantitative estimate of drug-likeness (QED) is 0.784. The first-order chi connectivity index (χ1) is 7.08. The normalized spacial score (nSPS) is 15.2. The van der Waals surface area contributed by atoms with Crippen LogP contribution in [-0.2, 0) is 6.54 Å². The zero-order valence-corrected chi connectivity index (χ0v) is 10.2. The number of fused-ring (bicyclic) bond motifs is 1. The SMILES string of the molecule is CC(C)N1Cc2ccc(Br)cc2OC1=O. The summed E-state index contributed by atoms with van der Waals surface area (Å²) in [5.41, 5.74) is 1.05. The van der Waals surface area contributed by atoms with Crippen LogP contribution < -0.4 is 4.74 Å². The van der Waals surface area contributed by atoms with E-state index >= 15 is 0 Å². The molecule has 0 saturated carbocycles. The van der Waals surface area contributed by atoms with E-state index in [0.29, 0.717) is 12.3 Å². The minimum atomic E-state index is -0.268. The molecule has 0 fully saturated rings. The number of carbonyl (C=O) groups excluding carboxylic acids is 1. The Hall–Kier alpha value is -1.03. The van der Waals surface area contributed by atoms with E-state index in [9.17, 15) is 4.79 Å². The summed E-state index contributed by atoms with van der Waals surface area (Å²) in [6.07, 6.45) is -0.268. The predicted molar refractivity (Wildman–Crippen MR) is 60.8 cm³/mol. The molecule has 0 spiro atoms. The molecule has 1 amide bonds. The zero-order valence-electron chi connectivity index (χ0n) is 8.66. The van der Waals surface area contributed by atoms with Crippen LogP contribution in [0.25, 0.3) is 0 Å². The van der Waals surface area contributed by atoms with E-state index in [4.69, 9.17) is 4.74 Å². The van der Waals surface area contributed by atoms with Gasteiger partial charge in [-0.1, -0.05) is 22.0 Å². The molecule has 15 heavy (non-hydrogen) atoms. The van der Waals surface area contributed by atoms with E-state index in [1.807, 2.05) is 32.0 Å². The van der Waals surface area contributed by atoms with Crippen LogP contribution in [-0.4, -0.2) is 17.0 Å². The van der Waals surface area contributed by atoms with Gasteiger partial charge in [-0.15, -0.1) is 0 Å². The summed E-state index contributed by atoms with van der Waals surface area (Å²) >= 11 is 3.35. The summed E-state index contributed by atoms with van der Waals surface area (Å²) in [5, 5.41) is 0. The number of ether oxygens (including phenoxy) is 1. The minimum Gasteiger partial charge on any atom is -0.410 e. The van der Waals surface area contributed by atoms with Crippen molar-refractivity contribution in [3.8, 4) is 5.75 Å². The smallest absolute Gasteiger partial charge is 0.410 e. The van der Waals surface area contributed by atoms with E-state index < -0.39 is 0 Å². The highest BCUT2D eigenvalue weighted by atomic mass is 79.9. The van der Waals surface area contributed by atoms with Gasteiger partial charge in [-0.2, -0.15) is 0 Å². The Morgan fingerprint density at radius 2 is 2.20 bits per heavy atom. The molecule has 0 atom stereocenters. The molecule has 0 saturated heterocycles. The van der Waals surface area contributed by atoms with Crippen molar-refractivity contribution in [1.82, 2.24) is 4.90 Å². The van der Waals surface area contributed by atoms with Crippen molar-refractivity contribution in [2.45, 2.75) is 26.4 Å². The molecule has 3 nitrogen and oxygen atoms in total. The topological polar surface area (TPSA) is 29.5 Å². The van der Waals surface area contributed by atoms with Crippen LogP contribution in [0.3, 0.4) is 0 Å². The highest BCUT2D eigenvalue weighted by Crippen LogP contribution is 2.29. The van der Waals surface area contributed by atoms with Gasteiger partial charge in [-0.25, -0.2) is 4.79 Å². The predicted octanol–water partition coefficient (Wildman–Crippen LogP) is 3.17. The molecule has 1 aliphatic rings. The van der Waals surface area contributed by atoms with E-state index in [-0.39, 0.29) is 12.1 Å². The molecule has 2 rings (SSSR count). The maximum Gasteiger partial charge on any atom is 0.415 e. The first-order valence-corrected chi connectivity index (χ1v) is 5.64. The molecule has 1 aromatic carbocycles. The van der Waals surface area contributed by atoms with Crippen molar-refractivity contribution in [3.05, 3.63) is 28.2 Å². The lowest BCUT2D eigenvalue weighted by molar-refractivity contribution is 0.123. The molecule has 1 aliphatic heterocycles. The fourth-order valence-corrected chi connectivity index (χ4v) is 1.89. The number of rotatable bonds is 1. The molecule has 0 aromatic heterocycles. The molecule has 0 radical (unpaired) electrons. The number of hydrogen-bond donors (Lipinski definition) is 0. The second kappa shape index (κ2) is 3.85. The summed E-state index contributed by atoms with van der Waals surface area (Å²) in [6.45, 7) is 4.58. The molecule has 0 N–H and O–H groups in total. The molecule has 80 valence electrons. The van der Waals surface area contributed by atoms with Crippen molar-refractivity contribution in [1.29, 1.82) is 0 Å². The molecular formula is C11H12BrNO2. The number of halogens is 1. The molecular weight excluding hydrogens is 258 g/mol. The number of nitrogens with zero attached hydrogens (tertiary/aromatic N) is 1. The van der Waals surface area contributed by atoms with Gasteiger partial charge >= 0.3 is 6.09 Å². The van der Waals surface area contributed by atoms with Crippen LogP contribution in [0.2, 0.25) is 0 Å². The second-order valence-electron chi connectivity index (χ2n) is 3.84. The monoisotopic (exact) mass is 269 g/mol. The van der Waals surface area contributed by atoms with Gasteiger partial charge in [-0.3, -0.25) is 0 Å². The zero-order chi connectivity index (χ0) is 11.0. The number of amides is 1. The van der Waals surface area contributed by atoms with Gasteiger partial charge in [0.25, 0.3) is 0 Å². The van der Waals surface area contributed by atoms with Gasteiger partial charge in [-0.05, 0) is 26.0 Å². The van der Waals surface area contributed by atoms with E-state index in [0.717, 1.165) is 10.0 Å². The molecule has 1 heterocycles. The third-order valence-electron chi connectivity index (χ3n) is 2.43. The number of hydrogen-bond acceptors (Lipinski definition) is 2. The third kappa shape index (κ3) is 2.00. The van der Waals surface area contributed by atoms with E-state index in [1.54, 1.807) is 4.90 Å². The lowest BCUT2D eigenvalue weighted by Crippen LogP contribution is -2.41. The fraction of sp³-hybridized carbons (Fsp3) is 0.364. The van der Waals surface area contributed by atoms with Crippen molar-refractivity contribution in [2.24, 2.45) is 0 Å². The minimum absolute atomic E-state index is 0.161. The maximum absolute atomic E-state index is 11.6. The van der Waals surface area contributed by atoms with Crippen LogP contribution in [0.4, 0.5) is 4.79 Å². The van der Waals surface area contributed by atoms with E-state index in [2.05, 4.69) is 15.9 Å². The Bertz CT molecular complexity index is 404. The van der Waals surface area contributed by atoms with Crippen LogP contribution >= 0.6 is 15.9 Å². The Kier molecular flexibility index (Phi) is 2.69. The molecule has 0 bridgehead atoms. The summed E-state index contributed by atoms with van der Waals surface area (Å²) in [7, 11) is 0. The first kappa shape index (κ1) is 10.5. The van der Waals surface area contributed by atoms with Gasteiger partial charge in [0.05, 0.1) is 6.54 Å². The molecule has 0 aliphatic carbocycles. The van der Waals surface area contributed by atoms with E-state index in [1.165, 1.54) is 0 Å². The Morgan fingerprint density at radius 1 is 1.47 bits per heavy atom. The van der Waals surface area contributed by atoms with Gasteiger partial charge in [0.2, 0.25) is 0 Å². The van der Waals surface area contributed by atoms with Gasteiger partial charge in [0, 0.05) is 16.1 Å². The number of carbonyl (C=O) groups is 1. The van der Waals surface area contributed by atoms with Crippen LogP contribution in [0.15, 0.2) is 22.7 Å². The third-order valence-corrected chi connectivity index (χ3v) is 2.92. The van der Waals surface area contributed by atoms with Crippen molar-refractivity contribution < 1.29 is 9.53 Å². The lowest BCUT2D eigenvalue weighted by atomic mass is 10.1. The molecule has 1 aromatic rings. The average Bonchev–Trinajstić information content (AvgIpc) is 2.15. The van der Waals surface area contributed by atoms with Crippen molar-refractivity contribution in [3.63, 3.8) is 0 Å². The average molecular weight is 270 g/mol. The second-order valence-corrected chi connectivity index (χ2v) is 4.76. The standard InChI is InChI=1S/C11H12BrNO2/c1-7(2)13-6-8-3-4-9(12)5-10(8)15-11(13)14/h3-5,7H,6H2,1-2H3. The van der Waals surface area contributed by atoms with Gasteiger partial charge in [0.1, 0.15) is 5.75 Å². The van der Waals surface area contributed by atoms with Gasteiger partial charge in [0.15, 0.2) is 0 Å². The summed E-state index contributed by atoms with van der Waals surface area (Å²) in [4.78, 5) is 13.3. The Balaban J connectivity index is 2.34. The molecule has 4 heteroatoms. The van der Waals surface area contributed by atoms with Gasteiger partial charge < -0.3 is 9.64 Å². The number of benzene rings is 1. The summed E-state index contributed by atoms with van der Waals surface area (Å²) < 4.78 is 6.17. The summed E-state index contributed by atoms with van der Waals surface area (Å²) in [5.74, 6) is 0.659. The van der Waals surface area contributed by atoms with Crippen molar-refractivity contribution in [2.75, 3.05) is 0 Å². The molecule has 0 unspecified atom stereocenters.